The third-order valence-corrected chi connectivity index (χ3v) is 7.93. The van der Waals surface area contributed by atoms with Gasteiger partial charge in [0, 0.05) is 11.8 Å². The van der Waals surface area contributed by atoms with Crippen LogP contribution in [-0.4, -0.2) is 51.4 Å². The Bertz CT molecular complexity index is 885. The number of urea groups is 1. The fourth-order valence-corrected chi connectivity index (χ4v) is 5.89. The molecule has 1 aromatic carbocycles. The molecule has 0 bridgehead atoms. The van der Waals surface area contributed by atoms with Crippen LogP contribution in [0.5, 0.6) is 0 Å². The maximum absolute atomic E-state index is 13.3. The van der Waals surface area contributed by atoms with Crippen LogP contribution in [0.15, 0.2) is 40.7 Å². The molecule has 1 fully saturated rings. The van der Waals surface area contributed by atoms with Crippen LogP contribution in [0.25, 0.3) is 0 Å². The van der Waals surface area contributed by atoms with Gasteiger partial charge in [0.15, 0.2) is 5.13 Å². The molecule has 2 amide bonds. The first kappa shape index (κ1) is 25.5. The highest BCUT2D eigenvalue weighted by atomic mass is 32.2. The van der Waals surface area contributed by atoms with Crippen molar-refractivity contribution < 1.29 is 19.4 Å². The number of benzene rings is 1. The third kappa shape index (κ3) is 8.32. The molecule has 9 heteroatoms. The second-order valence-electron chi connectivity index (χ2n) is 8.58. The molecular formula is C24H33N3O4S2. The van der Waals surface area contributed by atoms with Gasteiger partial charge in [-0.15, -0.1) is 11.8 Å². The number of hydrogen-bond acceptors (Lipinski definition) is 6. The Morgan fingerprint density at radius 1 is 1.27 bits per heavy atom. The van der Waals surface area contributed by atoms with Crippen LogP contribution in [-0.2, 0) is 16.1 Å². The number of thiazole rings is 1. The van der Waals surface area contributed by atoms with Gasteiger partial charge in [0.2, 0.25) is 0 Å². The van der Waals surface area contributed by atoms with Gasteiger partial charge in [-0.2, -0.15) is 0 Å². The molecule has 1 heterocycles. The number of anilines is 1. The van der Waals surface area contributed by atoms with E-state index in [1.165, 1.54) is 23.1 Å². The van der Waals surface area contributed by atoms with E-state index in [0.717, 1.165) is 35.5 Å². The van der Waals surface area contributed by atoms with E-state index >= 15 is 0 Å². The van der Waals surface area contributed by atoms with E-state index in [0.29, 0.717) is 30.0 Å². The Hall–Kier alpha value is -2.10. The summed E-state index contributed by atoms with van der Waals surface area (Å²) in [5.74, 6) is 0.356. The van der Waals surface area contributed by atoms with E-state index in [9.17, 15) is 9.59 Å². The Morgan fingerprint density at radius 2 is 2.00 bits per heavy atom. The molecule has 3 rings (SSSR count). The van der Waals surface area contributed by atoms with Crippen LogP contribution in [0.4, 0.5) is 9.93 Å². The Kier molecular flexibility index (Phi) is 10.0. The van der Waals surface area contributed by atoms with Crippen LogP contribution < -0.4 is 5.32 Å². The van der Waals surface area contributed by atoms with E-state index < -0.39 is 5.97 Å². The Morgan fingerprint density at radius 3 is 2.70 bits per heavy atom. The lowest BCUT2D eigenvalue weighted by Gasteiger charge is -2.39. The highest BCUT2D eigenvalue weighted by Gasteiger charge is 2.31. The van der Waals surface area contributed by atoms with Crippen molar-refractivity contribution in [1.82, 2.24) is 9.88 Å². The summed E-state index contributed by atoms with van der Waals surface area (Å²) >= 11 is 2.81. The van der Waals surface area contributed by atoms with Crippen molar-refractivity contribution in [3.05, 3.63) is 42.1 Å². The average Bonchev–Trinajstić information content (AvgIpc) is 3.23. The minimum Gasteiger partial charge on any atom is -0.481 e. The van der Waals surface area contributed by atoms with Crippen molar-refractivity contribution in [1.29, 1.82) is 0 Å². The van der Waals surface area contributed by atoms with E-state index in [1.54, 1.807) is 6.20 Å². The number of aliphatic carboxylic acids is 1. The Balaban J connectivity index is 1.60. The smallest absolute Gasteiger partial charge is 0.324 e. The van der Waals surface area contributed by atoms with Crippen molar-refractivity contribution in [3.63, 3.8) is 0 Å². The van der Waals surface area contributed by atoms with Crippen molar-refractivity contribution in [2.75, 3.05) is 17.7 Å². The summed E-state index contributed by atoms with van der Waals surface area (Å²) < 4.78 is 6.85. The molecule has 2 N–H and O–H groups in total. The normalized spacial score (nSPS) is 19.1. The lowest BCUT2D eigenvalue weighted by atomic mass is 9.86. The molecule has 1 aliphatic rings. The molecular weight excluding hydrogens is 458 g/mol. The maximum atomic E-state index is 13.3. The van der Waals surface area contributed by atoms with Crippen LogP contribution in [0.2, 0.25) is 0 Å². The number of carbonyl (C=O) groups is 2. The summed E-state index contributed by atoms with van der Waals surface area (Å²) in [6.07, 6.45) is 6.00. The molecule has 0 radical (unpaired) electrons. The number of nitrogens with zero attached hydrogens (tertiary/aromatic N) is 2. The van der Waals surface area contributed by atoms with Gasteiger partial charge in [-0.1, -0.05) is 48.6 Å². The maximum Gasteiger partial charge on any atom is 0.324 e. The first-order chi connectivity index (χ1) is 15.9. The van der Waals surface area contributed by atoms with Gasteiger partial charge >= 0.3 is 12.0 Å². The highest BCUT2D eigenvalue weighted by Crippen LogP contribution is 2.31. The predicted molar refractivity (Wildman–Crippen MR) is 133 cm³/mol. The standard InChI is InChI=1S/C24H33N3O4S2/c1-17-8-10-20(11-9-17)27(18(2)15-31-16-19-6-4-3-5-7-19)24(30)26-23-25-14-22(33-23)32-13-12-21(28)29/h3-7,14,17-18,20H,8-13,15-16H2,1-2H3,(H,28,29)(H,25,26,30). The predicted octanol–water partition coefficient (Wildman–Crippen LogP) is 5.73. The summed E-state index contributed by atoms with van der Waals surface area (Å²) in [5, 5.41) is 12.3. The molecule has 2 aromatic rings. The number of carboxylic acid groups (broad SMARTS) is 1. The number of thioether (sulfide) groups is 1. The van der Waals surface area contributed by atoms with Gasteiger partial charge in [0.1, 0.15) is 0 Å². The monoisotopic (exact) mass is 491 g/mol. The molecule has 1 aromatic heterocycles. The molecule has 1 aliphatic carbocycles. The van der Waals surface area contributed by atoms with Crippen molar-refractivity contribution >= 4 is 40.2 Å². The molecule has 0 aliphatic heterocycles. The number of ether oxygens (including phenoxy) is 1. The molecule has 7 nitrogen and oxygen atoms in total. The minimum atomic E-state index is -0.818. The number of nitrogens with one attached hydrogen (secondary N) is 1. The first-order valence-electron chi connectivity index (χ1n) is 11.4. The summed E-state index contributed by atoms with van der Waals surface area (Å²) in [6, 6.07) is 10.00. The van der Waals surface area contributed by atoms with E-state index in [2.05, 4.69) is 17.2 Å². The van der Waals surface area contributed by atoms with Crippen LogP contribution in [0.1, 0.15) is 51.5 Å². The van der Waals surface area contributed by atoms with Gasteiger partial charge < -0.3 is 14.7 Å². The second kappa shape index (κ2) is 13.0. The fourth-order valence-electron chi connectivity index (χ4n) is 4.03. The van der Waals surface area contributed by atoms with Gasteiger partial charge in [-0.3, -0.25) is 10.1 Å². The lowest BCUT2D eigenvalue weighted by molar-refractivity contribution is -0.136. The summed E-state index contributed by atoms with van der Waals surface area (Å²) in [5.41, 5.74) is 1.11. The zero-order valence-corrected chi connectivity index (χ0v) is 20.9. The van der Waals surface area contributed by atoms with Gasteiger partial charge in [0.25, 0.3) is 0 Å². The van der Waals surface area contributed by atoms with E-state index in [-0.39, 0.29) is 24.5 Å². The lowest BCUT2D eigenvalue weighted by Crippen LogP contribution is -2.50. The van der Waals surface area contributed by atoms with Crippen molar-refractivity contribution in [2.24, 2.45) is 5.92 Å². The molecule has 1 unspecified atom stereocenters. The van der Waals surface area contributed by atoms with Gasteiger partial charge in [0.05, 0.1) is 36.1 Å². The first-order valence-corrected chi connectivity index (χ1v) is 13.2. The van der Waals surface area contributed by atoms with Crippen LogP contribution >= 0.6 is 23.1 Å². The fraction of sp³-hybridized carbons (Fsp3) is 0.542. The summed E-state index contributed by atoms with van der Waals surface area (Å²) in [7, 11) is 0. The zero-order chi connectivity index (χ0) is 23.6. The SMILES string of the molecule is CC1CCC(N(C(=O)Nc2ncc(SCCC(=O)O)s2)C(C)COCc2ccccc2)CC1. The zero-order valence-electron chi connectivity index (χ0n) is 19.2. The summed E-state index contributed by atoms with van der Waals surface area (Å²) in [6.45, 7) is 5.29. The quantitative estimate of drug-likeness (QED) is 0.390. The van der Waals surface area contributed by atoms with Gasteiger partial charge in [-0.25, -0.2) is 9.78 Å². The number of carboxylic acids is 1. The van der Waals surface area contributed by atoms with E-state index in [4.69, 9.17) is 9.84 Å². The number of aromatic nitrogens is 1. The third-order valence-electron chi connectivity index (χ3n) is 5.82. The average molecular weight is 492 g/mol. The van der Waals surface area contributed by atoms with Crippen molar-refractivity contribution in [2.45, 2.75) is 68.9 Å². The second-order valence-corrected chi connectivity index (χ2v) is 11.0. The number of carbonyl (C=O) groups excluding carboxylic acids is 1. The summed E-state index contributed by atoms with van der Waals surface area (Å²) in [4.78, 5) is 30.3. The van der Waals surface area contributed by atoms with Crippen molar-refractivity contribution in [3.8, 4) is 0 Å². The molecule has 180 valence electrons. The molecule has 0 saturated heterocycles. The number of amides is 2. The highest BCUT2D eigenvalue weighted by molar-refractivity contribution is 8.01. The van der Waals surface area contributed by atoms with Crippen LogP contribution in [0.3, 0.4) is 0 Å². The minimum absolute atomic E-state index is 0.0727. The van der Waals surface area contributed by atoms with Gasteiger partial charge in [-0.05, 0) is 44.1 Å². The molecule has 1 atom stereocenters. The Labute approximate surface area is 203 Å². The van der Waals surface area contributed by atoms with E-state index in [1.807, 2.05) is 42.2 Å². The number of rotatable bonds is 11. The molecule has 1 saturated carbocycles. The molecule has 33 heavy (non-hydrogen) atoms. The largest absolute Gasteiger partial charge is 0.481 e. The topological polar surface area (TPSA) is 91.8 Å². The number of hydrogen-bond donors (Lipinski definition) is 2. The molecule has 0 spiro atoms. The van der Waals surface area contributed by atoms with Crippen LogP contribution in [0, 0.1) is 5.92 Å².